The summed E-state index contributed by atoms with van der Waals surface area (Å²) in [7, 11) is 5.98. The molecule has 1 N–H and O–H groups in total. The Hall–Kier alpha value is -3.67. The average Bonchev–Trinajstić information content (AvgIpc) is 3.32. The van der Waals surface area contributed by atoms with Gasteiger partial charge in [0, 0.05) is 26.2 Å². The van der Waals surface area contributed by atoms with Crippen molar-refractivity contribution in [2.24, 2.45) is 14.1 Å². The van der Waals surface area contributed by atoms with Crippen LogP contribution in [0, 0.1) is 0 Å². The fourth-order valence-corrected chi connectivity index (χ4v) is 4.03. The molecule has 0 aliphatic carbocycles. The number of nitrogens with one attached hydrogen (secondary N) is 1. The van der Waals surface area contributed by atoms with E-state index in [2.05, 4.69) is 15.3 Å². The monoisotopic (exact) mass is 430 g/mol. The summed E-state index contributed by atoms with van der Waals surface area (Å²) in [6, 6.07) is 3.52. The lowest BCUT2D eigenvalue weighted by atomic mass is 10.3. The summed E-state index contributed by atoms with van der Waals surface area (Å²) in [5, 5.41) is 3.13. The van der Waals surface area contributed by atoms with E-state index in [-0.39, 0.29) is 23.6 Å². The number of amides is 1. The predicted octanol–water partition coefficient (Wildman–Crippen LogP) is 0.699. The van der Waals surface area contributed by atoms with Gasteiger partial charge in [-0.15, -0.1) is 0 Å². The van der Waals surface area contributed by atoms with E-state index in [1.54, 1.807) is 19.2 Å². The van der Waals surface area contributed by atoms with Crippen molar-refractivity contribution in [3.8, 4) is 11.5 Å². The number of hydrogen-bond donors (Lipinski definition) is 1. The Morgan fingerprint density at radius 2 is 1.83 bits per heavy atom. The Bertz CT molecular complexity index is 1370. The normalized spacial score (nSPS) is 11.2. The van der Waals surface area contributed by atoms with E-state index in [9.17, 15) is 14.4 Å². The van der Waals surface area contributed by atoms with Gasteiger partial charge >= 0.3 is 5.69 Å². The summed E-state index contributed by atoms with van der Waals surface area (Å²) in [5.74, 6) is 0.723. The Morgan fingerprint density at radius 1 is 1.13 bits per heavy atom. The molecule has 1 amide bonds. The van der Waals surface area contributed by atoms with Crippen LogP contribution in [0.15, 0.2) is 28.0 Å². The first-order valence-electron chi connectivity index (χ1n) is 8.77. The molecule has 156 valence electrons. The van der Waals surface area contributed by atoms with E-state index in [0.29, 0.717) is 22.1 Å². The number of carbonyl (C=O) groups excluding carboxylic acids is 1. The van der Waals surface area contributed by atoms with Crippen LogP contribution in [0.2, 0.25) is 0 Å². The highest BCUT2D eigenvalue weighted by Gasteiger charge is 2.17. The number of aromatic nitrogens is 5. The topological polar surface area (TPSA) is 122 Å². The molecule has 4 aromatic rings. The first kappa shape index (κ1) is 19.6. The van der Waals surface area contributed by atoms with Crippen molar-refractivity contribution in [1.29, 1.82) is 0 Å². The van der Waals surface area contributed by atoms with E-state index < -0.39 is 11.2 Å². The first-order chi connectivity index (χ1) is 14.3. The fraction of sp³-hybridized carbons (Fsp3) is 0.278. The third-order valence-corrected chi connectivity index (χ3v) is 5.60. The van der Waals surface area contributed by atoms with Crippen molar-refractivity contribution >= 4 is 43.8 Å². The number of rotatable bonds is 5. The molecule has 0 fully saturated rings. The zero-order valence-electron chi connectivity index (χ0n) is 16.6. The predicted molar refractivity (Wildman–Crippen MR) is 112 cm³/mol. The van der Waals surface area contributed by atoms with Gasteiger partial charge in [-0.05, 0) is 0 Å². The number of fused-ring (bicyclic) bond motifs is 2. The summed E-state index contributed by atoms with van der Waals surface area (Å²) in [6.45, 7) is -0.160. The SMILES string of the molecule is COc1cc2nc(NC(=O)Cn3cnc4c3c(=O)n(C)c(=O)n4C)sc2cc1OC. The maximum absolute atomic E-state index is 12.6. The molecule has 0 saturated carbocycles. The average molecular weight is 430 g/mol. The lowest BCUT2D eigenvalue weighted by Crippen LogP contribution is -2.37. The molecule has 0 spiro atoms. The van der Waals surface area contributed by atoms with E-state index in [0.717, 1.165) is 9.27 Å². The highest BCUT2D eigenvalue weighted by molar-refractivity contribution is 7.22. The van der Waals surface area contributed by atoms with Crippen molar-refractivity contribution < 1.29 is 14.3 Å². The molecule has 3 heterocycles. The first-order valence-corrected chi connectivity index (χ1v) is 9.59. The number of carbonyl (C=O) groups is 1. The molecule has 12 heteroatoms. The molecular formula is C18H18N6O5S. The van der Waals surface area contributed by atoms with Gasteiger partial charge < -0.3 is 19.4 Å². The van der Waals surface area contributed by atoms with E-state index in [4.69, 9.17) is 9.47 Å². The summed E-state index contributed by atoms with van der Waals surface area (Å²) in [6.07, 6.45) is 1.36. The molecule has 0 unspecified atom stereocenters. The van der Waals surface area contributed by atoms with Crippen LogP contribution in [0.25, 0.3) is 21.4 Å². The Morgan fingerprint density at radius 3 is 2.53 bits per heavy atom. The highest BCUT2D eigenvalue weighted by atomic mass is 32.1. The van der Waals surface area contributed by atoms with Crippen LogP contribution in [0.5, 0.6) is 11.5 Å². The lowest BCUT2D eigenvalue weighted by molar-refractivity contribution is -0.116. The number of imidazole rings is 1. The van der Waals surface area contributed by atoms with Gasteiger partial charge in [-0.1, -0.05) is 11.3 Å². The molecule has 1 aromatic carbocycles. The van der Waals surface area contributed by atoms with Crippen molar-refractivity contribution in [3.63, 3.8) is 0 Å². The second-order valence-corrected chi connectivity index (χ2v) is 7.52. The van der Waals surface area contributed by atoms with Gasteiger partial charge in [0.2, 0.25) is 5.91 Å². The maximum atomic E-state index is 12.6. The van der Waals surface area contributed by atoms with Gasteiger partial charge in [-0.2, -0.15) is 0 Å². The van der Waals surface area contributed by atoms with Crippen molar-refractivity contribution in [2.75, 3.05) is 19.5 Å². The third kappa shape index (κ3) is 3.10. The third-order valence-electron chi connectivity index (χ3n) is 4.67. The molecule has 0 aliphatic heterocycles. The Balaban J connectivity index is 1.63. The van der Waals surface area contributed by atoms with Crippen LogP contribution in [-0.2, 0) is 25.4 Å². The highest BCUT2D eigenvalue weighted by Crippen LogP contribution is 2.36. The van der Waals surface area contributed by atoms with Gasteiger partial charge in [0.05, 0.1) is 30.8 Å². The molecule has 3 aromatic heterocycles. The van der Waals surface area contributed by atoms with Crippen LogP contribution in [-0.4, -0.2) is 43.8 Å². The summed E-state index contributed by atoms with van der Waals surface area (Å²) >= 11 is 1.29. The van der Waals surface area contributed by atoms with E-state index in [1.165, 1.54) is 48.0 Å². The summed E-state index contributed by atoms with van der Waals surface area (Å²) < 4.78 is 15.0. The molecular weight excluding hydrogens is 412 g/mol. The van der Waals surface area contributed by atoms with E-state index in [1.807, 2.05) is 0 Å². The summed E-state index contributed by atoms with van der Waals surface area (Å²) in [4.78, 5) is 45.6. The van der Waals surface area contributed by atoms with Crippen LogP contribution in [0.3, 0.4) is 0 Å². The van der Waals surface area contributed by atoms with Crippen LogP contribution < -0.4 is 26.0 Å². The Labute approximate surface area is 173 Å². The molecule has 0 radical (unpaired) electrons. The second kappa shape index (κ2) is 7.30. The minimum Gasteiger partial charge on any atom is -0.493 e. The molecule has 0 saturated heterocycles. The van der Waals surface area contributed by atoms with Gasteiger partial charge in [-0.3, -0.25) is 18.7 Å². The van der Waals surface area contributed by atoms with Crippen molar-refractivity contribution in [3.05, 3.63) is 39.3 Å². The summed E-state index contributed by atoms with van der Waals surface area (Å²) in [5.41, 5.74) is 0.0496. The van der Waals surface area contributed by atoms with Crippen molar-refractivity contribution in [2.45, 2.75) is 6.54 Å². The van der Waals surface area contributed by atoms with E-state index >= 15 is 0 Å². The number of thiazole rings is 1. The van der Waals surface area contributed by atoms with Gasteiger partial charge in [0.1, 0.15) is 6.54 Å². The van der Waals surface area contributed by atoms with Crippen LogP contribution >= 0.6 is 11.3 Å². The second-order valence-electron chi connectivity index (χ2n) is 6.49. The molecule has 0 atom stereocenters. The van der Waals surface area contributed by atoms with Crippen molar-refractivity contribution in [1.82, 2.24) is 23.7 Å². The van der Waals surface area contributed by atoms with Crippen LogP contribution in [0.4, 0.5) is 5.13 Å². The maximum Gasteiger partial charge on any atom is 0.332 e. The number of benzene rings is 1. The van der Waals surface area contributed by atoms with Gasteiger partial charge in [0.25, 0.3) is 5.56 Å². The van der Waals surface area contributed by atoms with Gasteiger partial charge in [-0.25, -0.2) is 14.8 Å². The zero-order chi connectivity index (χ0) is 21.6. The Kier molecular flexibility index (Phi) is 4.78. The number of nitrogens with zero attached hydrogens (tertiary/aromatic N) is 5. The van der Waals surface area contributed by atoms with Gasteiger partial charge in [0.15, 0.2) is 27.8 Å². The fourth-order valence-electron chi connectivity index (χ4n) is 3.14. The quantitative estimate of drug-likeness (QED) is 0.494. The van der Waals surface area contributed by atoms with Crippen LogP contribution in [0.1, 0.15) is 0 Å². The zero-order valence-corrected chi connectivity index (χ0v) is 17.4. The minimum absolute atomic E-state index is 0.160. The number of hydrogen-bond acceptors (Lipinski definition) is 8. The number of methoxy groups -OCH3 is 2. The smallest absolute Gasteiger partial charge is 0.332 e. The number of ether oxygens (including phenoxy) is 2. The minimum atomic E-state index is -0.516. The molecule has 4 rings (SSSR count). The molecule has 0 bridgehead atoms. The number of aryl methyl sites for hydroxylation is 1. The number of anilines is 1. The standard InChI is InChI=1S/C18H18N6O5S/c1-22-15-14(16(26)23(2)18(22)27)24(8-19-15)7-13(25)21-17-20-9-5-10(28-3)11(29-4)6-12(9)30-17/h5-6,8H,7H2,1-4H3,(H,20,21,25). The molecule has 30 heavy (non-hydrogen) atoms. The molecule has 11 nitrogen and oxygen atoms in total. The largest absolute Gasteiger partial charge is 0.493 e. The molecule has 0 aliphatic rings. The lowest BCUT2D eigenvalue weighted by Gasteiger charge is -2.06.